The van der Waals surface area contributed by atoms with Gasteiger partial charge in [-0.05, 0) is 36.2 Å². The summed E-state index contributed by atoms with van der Waals surface area (Å²) in [5.74, 6) is 0.203. The van der Waals surface area contributed by atoms with E-state index in [-0.39, 0.29) is 17.2 Å². The third-order valence-corrected chi connectivity index (χ3v) is 2.61. The molecule has 0 heterocycles. The van der Waals surface area contributed by atoms with Crippen molar-refractivity contribution in [2.24, 2.45) is 0 Å². The molecule has 2 aromatic rings. The highest BCUT2D eigenvalue weighted by Gasteiger charge is 2.07. The zero-order chi connectivity index (χ0) is 13.1. The smallest absolute Gasteiger partial charge is 0.169 e. The summed E-state index contributed by atoms with van der Waals surface area (Å²) in [6.07, 6.45) is 0.827. The van der Waals surface area contributed by atoms with Crippen molar-refractivity contribution in [2.75, 3.05) is 0 Å². The summed E-state index contributed by atoms with van der Waals surface area (Å²) < 4.78 is 5.42. The van der Waals surface area contributed by atoms with Gasteiger partial charge in [0.05, 0.1) is 0 Å². The van der Waals surface area contributed by atoms with Crippen molar-refractivity contribution < 1.29 is 20.1 Å². The molecular formula is C14H14O4. The summed E-state index contributed by atoms with van der Waals surface area (Å²) >= 11 is 0. The van der Waals surface area contributed by atoms with Crippen LogP contribution in [0.5, 0.6) is 28.7 Å². The van der Waals surface area contributed by atoms with Crippen molar-refractivity contribution >= 4 is 0 Å². The summed E-state index contributed by atoms with van der Waals surface area (Å²) in [7, 11) is 0. The van der Waals surface area contributed by atoms with Gasteiger partial charge in [0.15, 0.2) is 23.0 Å². The van der Waals surface area contributed by atoms with Crippen molar-refractivity contribution in [3.63, 3.8) is 0 Å². The predicted octanol–water partition coefficient (Wildman–Crippen LogP) is 3.16. The van der Waals surface area contributed by atoms with Crippen LogP contribution in [0.15, 0.2) is 36.4 Å². The van der Waals surface area contributed by atoms with E-state index in [2.05, 4.69) is 0 Å². The molecule has 0 aromatic heterocycles. The van der Waals surface area contributed by atoms with Gasteiger partial charge in [0.2, 0.25) is 0 Å². The fourth-order valence-corrected chi connectivity index (χ4v) is 1.56. The van der Waals surface area contributed by atoms with Gasteiger partial charge >= 0.3 is 0 Å². The monoisotopic (exact) mass is 246 g/mol. The molecule has 94 valence electrons. The van der Waals surface area contributed by atoms with E-state index in [0.29, 0.717) is 11.5 Å². The van der Waals surface area contributed by atoms with Crippen molar-refractivity contribution in [3.05, 3.63) is 42.0 Å². The molecule has 0 amide bonds. The van der Waals surface area contributed by atoms with Crippen LogP contribution in [0.25, 0.3) is 0 Å². The zero-order valence-corrected chi connectivity index (χ0v) is 9.92. The fourth-order valence-electron chi connectivity index (χ4n) is 1.56. The van der Waals surface area contributed by atoms with Gasteiger partial charge in [-0.2, -0.15) is 0 Å². The number of phenolic OH excluding ortho intramolecular Hbond substituents is 3. The first kappa shape index (κ1) is 12.1. The standard InChI is InChI=1S/C14H14O4/c1-2-9-3-6-14(13(17)7-9)18-10-4-5-11(15)12(16)8-10/h3-8,15-17H,2H2,1H3. The number of hydrogen-bond acceptors (Lipinski definition) is 4. The number of phenols is 3. The number of rotatable bonds is 3. The molecule has 4 heteroatoms. The van der Waals surface area contributed by atoms with Gasteiger partial charge in [0.25, 0.3) is 0 Å². The van der Waals surface area contributed by atoms with Crippen LogP contribution in [0, 0.1) is 0 Å². The third kappa shape index (κ3) is 2.48. The van der Waals surface area contributed by atoms with E-state index >= 15 is 0 Å². The highest BCUT2D eigenvalue weighted by atomic mass is 16.5. The maximum absolute atomic E-state index is 9.77. The number of benzene rings is 2. The van der Waals surface area contributed by atoms with E-state index in [1.807, 2.05) is 13.0 Å². The Balaban J connectivity index is 2.25. The van der Waals surface area contributed by atoms with E-state index in [0.717, 1.165) is 12.0 Å². The quantitative estimate of drug-likeness (QED) is 0.727. The number of ether oxygens (including phenoxy) is 1. The summed E-state index contributed by atoms with van der Waals surface area (Å²) in [6.45, 7) is 1.99. The first-order chi connectivity index (χ1) is 8.60. The fraction of sp³-hybridized carbons (Fsp3) is 0.143. The highest BCUT2D eigenvalue weighted by molar-refractivity contribution is 5.48. The molecule has 0 unspecified atom stereocenters. The molecule has 0 fully saturated rings. The lowest BCUT2D eigenvalue weighted by atomic mass is 10.1. The van der Waals surface area contributed by atoms with Crippen molar-refractivity contribution in [1.29, 1.82) is 0 Å². The Morgan fingerprint density at radius 2 is 1.67 bits per heavy atom. The molecule has 0 aliphatic rings. The van der Waals surface area contributed by atoms with Gasteiger partial charge in [0.1, 0.15) is 5.75 Å². The maximum atomic E-state index is 9.77. The van der Waals surface area contributed by atoms with Crippen LogP contribution < -0.4 is 4.74 Å². The minimum atomic E-state index is -0.267. The normalized spacial score (nSPS) is 10.3. The average Bonchev–Trinajstić information content (AvgIpc) is 2.36. The van der Waals surface area contributed by atoms with E-state index in [1.54, 1.807) is 12.1 Å². The van der Waals surface area contributed by atoms with E-state index in [9.17, 15) is 15.3 Å². The third-order valence-electron chi connectivity index (χ3n) is 2.61. The minimum absolute atomic E-state index is 0.0434. The van der Waals surface area contributed by atoms with Crippen LogP contribution in [0.2, 0.25) is 0 Å². The van der Waals surface area contributed by atoms with Crippen LogP contribution in [-0.2, 0) is 6.42 Å². The van der Waals surface area contributed by atoms with Gasteiger partial charge in [-0.3, -0.25) is 0 Å². The van der Waals surface area contributed by atoms with Crippen molar-refractivity contribution in [1.82, 2.24) is 0 Å². The second kappa shape index (κ2) is 4.87. The van der Waals surface area contributed by atoms with E-state index < -0.39 is 0 Å². The second-order valence-corrected chi connectivity index (χ2v) is 3.91. The molecule has 0 atom stereocenters. The summed E-state index contributed by atoms with van der Waals surface area (Å²) in [5, 5.41) is 28.3. The lowest BCUT2D eigenvalue weighted by Crippen LogP contribution is -1.87. The second-order valence-electron chi connectivity index (χ2n) is 3.91. The number of aromatic hydroxyl groups is 3. The molecule has 3 N–H and O–H groups in total. The molecular weight excluding hydrogens is 232 g/mol. The molecule has 0 spiro atoms. The Morgan fingerprint density at radius 3 is 2.28 bits per heavy atom. The van der Waals surface area contributed by atoms with Crippen LogP contribution in [0.1, 0.15) is 12.5 Å². The molecule has 0 saturated heterocycles. The SMILES string of the molecule is CCc1ccc(Oc2ccc(O)c(O)c2)c(O)c1. The van der Waals surface area contributed by atoms with Crippen LogP contribution in [-0.4, -0.2) is 15.3 Å². The summed E-state index contributed by atoms with van der Waals surface area (Å²) in [6, 6.07) is 9.26. The van der Waals surface area contributed by atoms with Gasteiger partial charge in [0, 0.05) is 6.07 Å². The molecule has 2 aromatic carbocycles. The Hall–Kier alpha value is -2.36. The molecule has 0 saturated carbocycles. The lowest BCUT2D eigenvalue weighted by Gasteiger charge is -2.09. The molecule has 0 aliphatic carbocycles. The molecule has 2 rings (SSSR count). The highest BCUT2D eigenvalue weighted by Crippen LogP contribution is 2.35. The van der Waals surface area contributed by atoms with Crippen LogP contribution >= 0.6 is 0 Å². The van der Waals surface area contributed by atoms with Crippen molar-refractivity contribution in [2.45, 2.75) is 13.3 Å². The van der Waals surface area contributed by atoms with E-state index in [4.69, 9.17) is 4.74 Å². The molecule has 0 bridgehead atoms. The lowest BCUT2D eigenvalue weighted by molar-refractivity contribution is 0.390. The molecule has 4 nitrogen and oxygen atoms in total. The first-order valence-corrected chi connectivity index (χ1v) is 5.62. The van der Waals surface area contributed by atoms with Gasteiger partial charge in [-0.15, -0.1) is 0 Å². The summed E-state index contributed by atoms with van der Waals surface area (Å²) in [5.41, 5.74) is 1.01. The van der Waals surface area contributed by atoms with Gasteiger partial charge < -0.3 is 20.1 Å². The molecule has 0 radical (unpaired) electrons. The summed E-state index contributed by atoms with van der Waals surface area (Å²) in [4.78, 5) is 0. The largest absolute Gasteiger partial charge is 0.504 e. The van der Waals surface area contributed by atoms with E-state index in [1.165, 1.54) is 18.2 Å². The molecule has 18 heavy (non-hydrogen) atoms. The maximum Gasteiger partial charge on any atom is 0.169 e. The van der Waals surface area contributed by atoms with Gasteiger partial charge in [-0.25, -0.2) is 0 Å². The predicted molar refractivity (Wildman–Crippen MR) is 67.3 cm³/mol. The molecule has 0 aliphatic heterocycles. The van der Waals surface area contributed by atoms with Gasteiger partial charge in [-0.1, -0.05) is 13.0 Å². The zero-order valence-electron chi connectivity index (χ0n) is 9.92. The Bertz CT molecular complexity index is 564. The van der Waals surface area contributed by atoms with Crippen LogP contribution in [0.3, 0.4) is 0 Å². The average molecular weight is 246 g/mol. The Kier molecular flexibility index (Phi) is 3.28. The van der Waals surface area contributed by atoms with Crippen LogP contribution in [0.4, 0.5) is 0 Å². The first-order valence-electron chi connectivity index (χ1n) is 5.62. The number of hydrogen-bond donors (Lipinski definition) is 3. The van der Waals surface area contributed by atoms with Crippen molar-refractivity contribution in [3.8, 4) is 28.7 Å². The number of aryl methyl sites for hydroxylation is 1. The Morgan fingerprint density at radius 1 is 0.889 bits per heavy atom. The topological polar surface area (TPSA) is 69.9 Å². The Labute approximate surface area is 105 Å². The minimum Gasteiger partial charge on any atom is -0.504 e.